The first-order chi connectivity index (χ1) is 11.7. The maximum atomic E-state index is 12.3. The third-order valence-electron chi connectivity index (χ3n) is 3.77. The van der Waals surface area contributed by atoms with E-state index in [4.69, 9.17) is 4.42 Å². The van der Waals surface area contributed by atoms with Crippen LogP contribution in [-0.4, -0.2) is 16.8 Å². The number of hydrogen-bond acceptors (Lipinski definition) is 3. The van der Waals surface area contributed by atoms with Crippen LogP contribution in [0.1, 0.15) is 20.9 Å². The Kier molecular flexibility index (Phi) is 3.28. The Balaban J connectivity index is 1.49. The van der Waals surface area contributed by atoms with Crippen LogP contribution in [0.15, 0.2) is 65.2 Å². The highest BCUT2D eigenvalue weighted by Crippen LogP contribution is 2.19. The second-order valence-corrected chi connectivity index (χ2v) is 5.30. The molecule has 3 N–H and O–H groups in total. The van der Waals surface area contributed by atoms with Crippen molar-refractivity contribution in [2.24, 2.45) is 0 Å². The third kappa shape index (κ3) is 2.40. The number of benzene rings is 2. The van der Waals surface area contributed by atoms with Crippen molar-refractivity contribution in [3.05, 3.63) is 72.1 Å². The number of hydrazine groups is 1. The number of H-pyrrole nitrogens is 1. The second kappa shape index (κ2) is 5.58. The molecule has 2 heterocycles. The molecule has 2 amide bonds. The monoisotopic (exact) mass is 319 g/mol. The van der Waals surface area contributed by atoms with Gasteiger partial charge in [-0.3, -0.25) is 20.4 Å². The molecular formula is C18H13N3O3. The minimum atomic E-state index is -0.514. The van der Waals surface area contributed by atoms with Gasteiger partial charge in [-0.15, -0.1) is 0 Å². The number of furan rings is 1. The Hall–Kier alpha value is -3.54. The summed E-state index contributed by atoms with van der Waals surface area (Å²) in [6, 6.07) is 16.4. The topological polar surface area (TPSA) is 87.1 Å². The fourth-order valence-electron chi connectivity index (χ4n) is 2.60. The van der Waals surface area contributed by atoms with E-state index >= 15 is 0 Å². The fourth-order valence-corrected chi connectivity index (χ4v) is 2.60. The van der Waals surface area contributed by atoms with Gasteiger partial charge in [-0.25, -0.2) is 0 Å². The molecule has 0 saturated carbocycles. The molecule has 0 aliphatic heterocycles. The second-order valence-electron chi connectivity index (χ2n) is 5.30. The zero-order valence-corrected chi connectivity index (χ0v) is 12.5. The van der Waals surface area contributed by atoms with Gasteiger partial charge in [0.15, 0.2) is 5.76 Å². The lowest BCUT2D eigenvalue weighted by Crippen LogP contribution is -2.41. The van der Waals surface area contributed by atoms with Gasteiger partial charge in [0.05, 0.1) is 5.56 Å². The van der Waals surface area contributed by atoms with E-state index in [1.165, 1.54) is 0 Å². The molecule has 0 unspecified atom stereocenters. The van der Waals surface area contributed by atoms with Crippen LogP contribution in [0, 0.1) is 0 Å². The molecule has 4 aromatic rings. The van der Waals surface area contributed by atoms with E-state index in [0.717, 1.165) is 16.3 Å². The summed E-state index contributed by atoms with van der Waals surface area (Å²) in [5, 5.41) is 1.61. The number of amides is 2. The number of aromatic nitrogens is 1. The number of fused-ring (bicyclic) bond motifs is 2. The van der Waals surface area contributed by atoms with Crippen LogP contribution in [0.3, 0.4) is 0 Å². The number of hydrogen-bond donors (Lipinski definition) is 3. The fraction of sp³-hybridized carbons (Fsp3) is 0. The minimum Gasteiger partial charge on any atom is -0.451 e. The Morgan fingerprint density at radius 1 is 0.917 bits per heavy atom. The highest BCUT2D eigenvalue weighted by Gasteiger charge is 2.15. The van der Waals surface area contributed by atoms with Crippen LogP contribution >= 0.6 is 0 Å². The van der Waals surface area contributed by atoms with E-state index in [2.05, 4.69) is 15.8 Å². The van der Waals surface area contributed by atoms with Gasteiger partial charge in [-0.1, -0.05) is 36.4 Å². The zero-order chi connectivity index (χ0) is 16.5. The lowest BCUT2D eigenvalue weighted by Gasteiger charge is -2.04. The molecular weight excluding hydrogens is 306 g/mol. The molecule has 0 atom stereocenters. The summed E-state index contributed by atoms with van der Waals surface area (Å²) in [4.78, 5) is 27.4. The van der Waals surface area contributed by atoms with Crippen LogP contribution in [0.5, 0.6) is 0 Å². The molecule has 0 saturated heterocycles. The number of rotatable bonds is 2. The van der Waals surface area contributed by atoms with E-state index in [1.54, 1.807) is 18.3 Å². The van der Waals surface area contributed by atoms with E-state index in [-0.39, 0.29) is 5.76 Å². The highest BCUT2D eigenvalue weighted by molar-refractivity contribution is 6.07. The van der Waals surface area contributed by atoms with Crippen molar-refractivity contribution < 1.29 is 14.0 Å². The van der Waals surface area contributed by atoms with Crippen molar-refractivity contribution in [2.45, 2.75) is 0 Å². The lowest BCUT2D eigenvalue weighted by molar-refractivity contribution is 0.0833. The van der Waals surface area contributed by atoms with Gasteiger partial charge in [-0.2, -0.15) is 0 Å². The average Bonchev–Trinajstić information content (AvgIpc) is 3.23. The largest absolute Gasteiger partial charge is 0.451 e. The molecule has 0 radical (unpaired) electrons. The summed E-state index contributed by atoms with van der Waals surface area (Å²) in [6.45, 7) is 0. The van der Waals surface area contributed by atoms with Crippen LogP contribution in [0.2, 0.25) is 0 Å². The Bertz CT molecular complexity index is 1030. The van der Waals surface area contributed by atoms with Crippen molar-refractivity contribution in [3.8, 4) is 0 Å². The third-order valence-corrected chi connectivity index (χ3v) is 3.77. The van der Waals surface area contributed by atoms with Gasteiger partial charge in [0.1, 0.15) is 5.58 Å². The van der Waals surface area contributed by atoms with Crippen molar-refractivity contribution >= 4 is 33.7 Å². The van der Waals surface area contributed by atoms with Crippen molar-refractivity contribution in [1.29, 1.82) is 0 Å². The highest BCUT2D eigenvalue weighted by atomic mass is 16.3. The smallest absolute Gasteiger partial charge is 0.305 e. The van der Waals surface area contributed by atoms with Crippen LogP contribution in [-0.2, 0) is 0 Å². The molecule has 0 bridgehead atoms. The first-order valence-corrected chi connectivity index (χ1v) is 7.38. The Labute approximate surface area is 136 Å². The van der Waals surface area contributed by atoms with Crippen molar-refractivity contribution in [2.75, 3.05) is 0 Å². The van der Waals surface area contributed by atoms with Gasteiger partial charge in [0.25, 0.3) is 5.91 Å². The molecule has 0 fully saturated rings. The Morgan fingerprint density at radius 3 is 2.54 bits per heavy atom. The van der Waals surface area contributed by atoms with Gasteiger partial charge >= 0.3 is 5.91 Å². The van der Waals surface area contributed by atoms with E-state index < -0.39 is 11.8 Å². The maximum absolute atomic E-state index is 12.3. The molecule has 4 rings (SSSR count). The van der Waals surface area contributed by atoms with E-state index in [1.807, 2.05) is 42.5 Å². The van der Waals surface area contributed by atoms with Gasteiger partial charge in [0, 0.05) is 22.5 Å². The minimum absolute atomic E-state index is 0.135. The van der Waals surface area contributed by atoms with E-state index in [0.29, 0.717) is 11.1 Å². The molecule has 2 aromatic heterocycles. The van der Waals surface area contributed by atoms with Gasteiger partial charge in [0.2, 0.25) is 0 Å². The summed E-state index contributed by atoms with van der Waals surface area (Å²) < 4.78 is 5.45. The quantitative estimate of drug-likeness (QED) is 0.496. The van der Waals surface area contributed by atoms with E-state index in [9.17, 15) is 9.59 Å². The summed E-state index contributed by atoms with van der Waals surface area (Å²) in [5.41, 5.74) is 6.69. The average molecular weight is 319 g/mol. The van der Waals surface area contributed by atoms with Crippen LogP contribution in [0.4, 0.5) is 0 Å². The summed E-state index contributed by atoms with van der Waals surface area (Å²) in [7, 11) is 0. The molecule has 24 heavy (non-hydrogen) atoms. The number of carbonyl (C=O) groups excluding carboxylic acids is 2. The molecule has 118 valence electrons. The molecule has 0 spiro atoms. The van der Waals surface area contributed by atoms with Crippen LogP contribution < -0.4 is 10.9 Å². The maximum Gasteiger partial charge on any atom is 0.305 e. The Morgan fingerprint density at radius 2 is 1.67 bits per heavy atom. The van der Waals surface area contributed by atoms with Crippen molar-refractivity contribution in [1.82, 2.24) is 15.8 Å². The summed E-state index contributed by atoms with van der Waals surface area (Å²) >= 11 is 0. The predicted octanol–water partition coefficient (Wildman–Crippen LogP) is 2.99. The first kappa shape index (κ1) is 14.1. The molecule has 6 heteroatoms. The SMILES string of the molecule is O=C(NNC(=O)c1c[nH]c2ccccc12)c1cc2ccccc2o1. The molecule has 0 aliphatic rings. The number of aromatic amines is 1. The molecule has 0 aliphatic carbocycles. The predicted molar refractivity (Wildman–Crippen MR) is 89.4 cm³/mol. The normalized spacial score (nSPS) is 10.8. The standard InChI is InChI=1S/C18H13N3O3/c22-17(13-10-19-14-7-3-2-6-12(13)14)20-21-18(23)16-9-11-5-1-4-8-15(11)24-16/h1-10,19H,(H,20,22)(H,21,23). The van der Waals surface area contributed by atoms with Crippen molar-refractivity contribution in [3.63, 3.8) is 0 Å². The number of carbonyl (C=O) groups is 2. The van der Waals surface area contributed by atoms with Crippen LogP contribution in [0.25, 0.3) is 21.9 Å². The molecule has 6 nitrogen and oxygen atoms in total. The number of nitrogens with one attached hydrogen (secondary N) is 3. The van der Waals surface area contributed by atoms with Gasteiger partial charge in [-0.05, 0) is 18.2 Å². The first-order valence-electron chi connectivity index (χ1n) is 7.38. The zero-order valence-electron chi connectivity index (χ0n) is 12.5. The summed E-state index contributed by atoms with van der Waals surface area (Å²) in [5.74, 6) is -0.785. The lowest BCUT2D eigenvalue weighted by atomic mass is 10.2. The molecule has 2 aromatic carbocycles. The summed E-state index contributed by atoms with van der Waals surface area (Å²) in [6.07, 6.45) is 1.60. The van der Waals surface area contributed by atoms with Gasteiger partial charge < -0.3 is 9.40 Å². The number of para-hydroxylation sites is 2.